The van der Waals surface area contributed by atoms with Crippen LogP contribution in [0.25, 0.3) is 0 Å². The molecule has 132 valence electrons. The summed E-state index contributed by atoms with van der Waals surface area (Å²) in [7, 11) is 0. The zero-order valence-electron chi connectivity index (χ0n) is 13.4. The van der Waals surface area contributed by atoms with E-state index in [2.05, 4.69) is 10.3 Å². The van der Waals surface area contributed by atoms with Crippen LogP contribution in [0.4, 0.5) is 14.5 Å². The van der Waals surface area contributed by atoms with Gasteiger partial charge in [-0.2, -0.15) is 0 Å². The number of hydrogen-bond acceptors (Lipinski definition) is 3. The van der Waals surface area contributed by atoms with Crippen molar-refractivity contribution in [2.75, 3.05) is 5.32 Å². The molecule has 0 radical (unpaired) electrons. The van der Waals surface area contributed by atoms with Crippen molar-refractivity contribution >= 4 is 35.0 Å². The Morgan fingerprint density at radius 3 is 2.62 bits per heavy atom. The summed E-state index contributed by atoms with van der Waals surface area (Å²) in [4.78, 5) is 16.7. The Kier molecular flexibility index (Phi) is 5.85. The van der Waals surface area contributed by atoms with Crippen LogP contribution in [0, 0.1) is 11.6 Å². The van der Waals surface area contributed by atoms with Gasteiger partial charge in [-0.15, -0.1) is 11.8 Å². The van der Waals surface area contributed by atoms with Gasteiger partial charge < -0.3 is 5.32 Å². The van der Waals surface area contributed by atoms with Gasteiger partial charge in [0.2, 0.25) is 0 Å². The highest BCUT2D eigenvalue weighted by atomic mass is 35.5. The van der Waals surface area contributed by atoms with Crippen molar-refractivity contribution in [2.24, 2.45) is 0 Å². The fraction of sp³-hybridized carbons (Fsp3) is 0.0526. The summed E-state index contributed by atoms with van der Waals surface area (Å²) < 4.78 is 26.9. The van der Waals surface area contributed by atoms with Crippen molar-refractivity contribution in [2.45, 2.75) is 10.8 Å². The Balaban J connectivity index is 1.75. The van der Waals surface area contributed by atoms with Gasteiger partial charge in [0.25, 0.3) is 5.91 Å². The second-order valence-electron chi connectivity index (χ2n) is 5.35. The number of anilines is 1. The molecule has 0 bridgehead atoms. The van der Waals surface area contributed by atoms with Gasteiger partial charge in [0.1, 0.15) is 16.7 Å². The Bertz CT molecular complexity index is 935. The average Bonchev–Trinajstić information content (AvgIpc) is 2.64. The molecule has 7 heteroatoms. The molecule has 0 fully saturated rings. The van der Waals surface area contributed by atoms with E-state index < -0.39 is 11.7 Å². The number of rotatable bonds is 5. The topological polar surface area (TPSA) is 42.0 Å². The summed E-state index contributed by atoms with van der Waals surface area (Å²) in [5.74, 6) is -0.870. The predicted molar refractivity (Wildman–Crippen MR) is 99.6 cm³/mol. The lowest BCUT2D eigenvalue weighted by Crippen LogP contribution is -2.14. The van der Waals surface area contributed by atoms with Gasteiger partial charge in [-0.3, -0.25) is 4.79 Å². The molecule has 2 aromatic carbocycles. The number of amides is 1. The lowest BCUT2D eigenvalue weighted by atomic mass is 10.2. The fourth-order valence-corrected chi connectivity index (χ4v) is 3.30. The summed E-state index contributed by atoms with van der Waals surface area (Å²) in [5, 5.41) is 3.28. The van der Waals surface area contributed by atoms with Crippen LogP contribution in [0.15, 0.2) is 65.8 Å². The van der Waals surface area contributed by atoms with Crippen molar-refractivity contribution < 1.29 is 13.6 Å². The minimum Gasteiger partial charge on any atom is -0.319 e. The zero-order valence-corrected chi connectivity index (χ0v) is 15.0. The monoisotopic (exact) mass is 390 g/mol. The first-order valence-electron chi connectivity index (χ1n) is 7.61. The van der Waals surface area contributed by atoms with Crippen molar-refractivity contribution in [3.05, 3.63) is 88.6 Å². The SMILES string of the molecule is O=C(Nc1ccc(Cl)cc1F)c1cccnc1SCc1ccc(F)cc1. The average molecular weight is 391 g/mol. The summed E-state index contributed by atoms with van der Waals surface area (Å²) in [6.45, 7) is 0. The smallest absolute Gasteiger partial charge is 0.258 e. The van der Waals surface area contributed by atoms with Gasteiger partial charge in [0, 0.05) is 17.0 Å². The normalized spacial score (nSPS) is 10.6. The van der Waals surface area contributed by atoms with Gasteiger partial charge in [0.15, 0.2) is 0 Å². The molecule has 26 heavy (non-hydrogen) atoms. The molecule has 1 N–H and O–H groups in total. The van der Waals surface area contributed by atoms with Crippen LogP contribution in [0.2, 0.25) is 5.02 Å². The van der Waals surface area contributed by atoms with E-state index in [0.717, 1.165) is 11.6 Å². The largest absolute Gasteiger partial charge is 0.319 e. The maximum Gasteiger partial charge on any atom is 0.258 e. The third-order valence-electron chi connectivity index (χ3n) is 3.48. The third kappa shape index (κ3) is 4.59. The standard InChI is InChI=1S/C19H13ClF2N2OS/c20-13-5-8-17(16(22)10-13)24-18(25)15-2-1-9-23-19(15)26-11-12-3-6-14(21)7-4-12/h1-10H,11H2,(H,24,25). The number of hydrogen-bond donors (Lipinski definition) is 1. The zero-order chi connectivity index (χ0) is 18.5. The Morgan fingerprint density at radius 2 is 1.88 bits per heavy atom. The highest BCUT2D eigenvalue weighted by Crippen LogP contribution is 2.26. The molecule has 1 aromatic heterocycles. The number of nitrogens with one attached hydrogen (secondary N) is 1. The fourth-order valence-electron chi connectivity index (χ4n) is 2.19. The van der Waals surface area contributed by atoms with Crippen LogP contribution in [-0.4, -0.2) is 10.9 Å². The van der Waals surface area contributed by atoms with Crippen molar-refractivity contribution in [3.8, 4) is 0 Å². The minimum atomic E-state index is -0.616. The number of aromatic nitrogens is 1. The van der Waals surface area contributed by atoms with Gasteiger partial charge in [-0.25, -0.2) is 13.8 Å². The van der Waals surface area contributed by atoms with Crippen molar-refractivity contribution in [1.82, 2.24) is 4.98 Å². The van der Waals surface area contributed by atoms with Crippen LogP contribution in [0.3, 0.4) is 0 Å². The maximum atomic E-state index is 13.9. The molecule has 0 saturated carbocycles. The molecule has 0 atom stereocenters. The molecule has 1 heterocycles. The van der Waals surface area contributed by atoms with Gasteiger partial charge in [0.05, 0.1) is 11.3 Å². The van der Waals surface area contributed by atoms with Crippen LogP contribution in [-0.2, 0) is 5.75 Å². The molecule has 0 aliphatic carbocycles. The first-order chi connectivity index (χ1) is 12.5. The lowest BCUT2D eigenvalue weighted by molar-refractivity contribution is 0.102. The number of thioether (sulfide) groups is 1. The van der Waals surface area contributed by atoms with E-state index in [1.165, 1.54) is 36.0 Å². The van der Waals surface area contributed by atoms with Crippen LogP contribution in [0.1, 0.15) is 15.9 Å². The number of pyridine rings is 1. The molecule has 0 spiro atoms. The molecule has 0 aliphatic rings. The van der Waals surface area contributed by atoms with Gasteiger partial charge >= 0.3 is 0 Å². The van der Waals surface area contributed by atoms with E-state index in [1.807, 2.05) is 0 Å². The highest BCUT2D eigenvalue weighted by Gasteiger charge is 2.15. The highest BCUT2D eigenvalue weighted by molar-refractivity contribution is 7.98. The Morgan fingerprint density at radius 1 is 1.12 bits per heavy atom. The molecule has 3 rings (SSSR count). The summed E-state index contributed by atoms with van der Waals surface area (Å²) >= 11 is 7.06. The van der Waals surface area contributed by atoms with Gasteiger partial charge in [-0.05, 0) is 48.0 Å². The molecule has 3 nitrogen and oxygen atoms in total. The second-order valence-corrected chi connectivity index (χ2v) is 6.75. The number of nitrogens with zero attached hydrogens (tertiary/aromatic N) is 1. The van der Waals surface area contributed by atoms with Crippen LogP contribution < -0.4 is 5.32 Å². The lowest BCUT2D eigenvalue weighted by Gasteiger charge is -2.10. The number of carbonyl (C=O) groups excluding carboxylic acids is 1. The number of carbonyl (C=O) groups is 1. The molecule has 0 unspecified atom stereocenters. The van der Waals surface area contributed by atoms with Crippen LogP contribution in [0.5, 0.6) is 0 Å². The van der Waals surface area contributed by atoms with E-state index in [-0.39, 0.29) is 16.5 Å². The number of halogens is 3. The van der Waals surface area contributed by atoms with E-state index in [0.29, 0.717) is 16.3 Å². The molecule has 0 aliphatic heterocycles. The predicted octanol–water partition coefficient (Wildman–Crippen LogP) is 5.56. The first kappa shape index (κ1) is 18.4. The van der Waals surface area contributed by atoms with E-state index in [1.54, 1.807) is 30.5 Å². The first-order valence-corrected chi connectivity index (χ1v) is 8.98. The van der Waals surface area contributed by atoms with Crippen molar-refractivity contribution in [1.29, 1.82) is 0 Å². The third-order valence-corrected chi connectivity index (χ3v) is 4.80. The summed E-state index contributed by atoms with van der Waals surface area (Å²) in [5.41, 5.74) is 1.27. The van der Waals surface area contributed by atoms with Gasteiger partial charge in [-0.1, -0.05) is 23.7 Å². The number of benzene rings is 2. The molecule has 0 saturated heterocycles. The molecular formula is C19H13ClF2N2OS. The Hall–Kier alpha value is -2.44. The quantitative estimate of drug-likeness (QED) is 0.580. The van der Waals surface area contributed by atoms with Crippen LogP contribution >= 0.6 is 23.4 Å². The maximum absolute atomic E-state index is 13.9. The molecule has 1 amide bonds. The van der Waals surface area contributed by atoms with E-state index >= 15 is 0 Å². The Labute approximate surface area is 158 Å². The van der Waals surface area contributed by atoms with E-state index in [9.17, 15) is 13.6 Å². The summed E-state index contributed by atoms with van der Waals surface area (Å²) in [6.07, 6.45) is 1.58. The van der Waals surface area contributed by atoms with Crippen molar-refractivity contribution in [3.63, 3.8) is 0 Å². The summed E-state index contributed by atoms with van der Waals surface area (Å²) in [6, 6.07) is 13.4. The second kappa shape index (κ2) is 8.29. The molecule has 3 aromatic rings. The van der Waals surface area contributed by atoms with E-state index in [4.69, 9.17) is 11.6 Å². The minimum absolute atomic E-state index is 0.0396. The molecular weight excluding hydrogens is 378 g/mol.